The van der Waals surface area contributed by atoms with Crippen molar-refractivity contribution in [1.29, 1.82) is 0 Å². The zero-order valence-corrected chi connectivity index (χ0v) is 19.0. The van der Waals surface area contributed by atoms with Gasteiger partial charge >= 0.3 is 6.18 Å². The Balaban J connectivity index is 1.93. The quantitative estimate of drug-likeness (QED) is 0.406. The second-order valence-electron chi connectivity index (χ2n) is 7.79. The fraction of sp³-hybridized carbons (Fsp3) is 0.280. The molecule has 0 aliphatic rings. The van der Waals surface area contributed by atoms with Crippen molar-refractivity contribution < 1.29 is 31.5 Å². The average molecular weight is 493 g/mol. The van der Waals surface area contributed by atoms with Crippen molar-refractivity contribution in [3.05, 3.63) is 94.8 Å². The van der Waals surface area contributed by atoms with E-state index < -0.39 is 35.6 Å². The van der Waals surface area contributed by atoms with Gasteiger partial charge in [0.25, 0.3) is 0 Å². The van der Waals surface area contributed by atoms with Crippen LogP contribution in [-0.2, 0) is 17.4 Å². The van der Waals surface area contributed by atoms with Gasteiger partial charge in [0, 0.05) is 30.9 Å². The Labute approximate surface area is 199 Å². The molecule has 2 aromatic carbocycles. The lowest BCUT2D eigenvalue weighted by Crippen LogP contribution is -2.38. The highest BCUT2D eigenvalue weighted by Crippen LogP contribution is 2.32. The zero-order chi connectivity index (χ0) is 25.6. The molecule has 0 fully saturated rings. The second kappa shape index (κ2) is 11.3. The maximum atomic E-state index is 13.8. The van der Waals surface area contributed by atoms with Gasteiger partial charge in [0.05, 0.1) is 7.11 Å². The smallest absolute Gasteiger partial charge is 0.433 e. The maximum Gasteiger partial charge on any atom is 0.433 e. The molecular weight excluding hydrogens is 469 g/mol. The molecule has 0 radical (unpaired) electrons. The standard InChI is InChI=1S/C25H24F5N3O2/c1-31-24(34)23(16-5-7-17(26)8-6-16)33-20(19-10-9-18(27)13-21(19)35-2)11-3-15-4-12-22(32-14-15)25(28,29)30/h4-10,12-14,20,23,33H,3,11H2,1-2H3,(H,31,34)/t20-,23?/m1/s1. The van der Waals surface area contributed by atoms with E-state index in [4.69, 9.17) is 4.74 Å². The van der Waals surface area contributed by atoms with E-state index in [1.165, 1.54) is 62.7 Å². The number of methoxy groups -OCH3 is 1. The third-order valence-electron chi connectivity index (χ3n) is 5.49. The summed E-state index contributed by atoms with van der Waals surface area (Å²) in [5.41, 5.74) is 0.592. The number of carbonyl (C=O) groups excluding carboxylic acids is 1. The number of halogens is 5. The molecule has 5 nitrogen and oxygen atoms in total. The highest BCUT2D eigenvalue weighted by atomic mass is 19.4. The van der Waals surface area contributed by atoms with Gasteiger partial charge in [0.15, 0.2) is 0 Å². The van der Waals surface area contributed by atoms with Crippen molar-refractivity contribution in [3.63, 3.8) is 0 Å². The molecule has 10 heteroatoms. The predicted molar refractivity (Wildman–Crippen MR) is 120 cm³/mol. The first kappa shape index (κ1) is 26.1. The first-order valence-corrected chi connectivity index (χ1v) is 10.7. The lowest BCUT2D eigenvalue weighted by molar-refractivity contribution is -0.141. The monoisotopic (exact) mass is 493 g/mol. The van der Waals surface area contributed by atoms with Crippen LogP contribution in [0.5, 0.6) is 5.75 Å². The number of aromatic nitrogens is 1. The second-order valence-corrected chi connectivity index (χ2v) is 7.79. The fourth-order valence-electron chi connectivity index (χ4n) is 3.68. The lowest BCUT2D eigenvalue weighted by Gasteiger charge is -2.27. The lowest BCUT2D eigenvalue weighted by atomic mass is 9.96. The Bertz CT molecular complexity index is 1140. The van der Waals surface area contributed by atoms with Crippen LogP contribution < -0.4 is 15.4 Å². The van der Waals surface area contributed by atoms with Crippen LogP contribution in [0.25, 0.3) is 0 Å². The van der Waals surface area contributed by atoms with E-state index in [0.29, 0.717) is 29.5 Å². The third-order valence-corrected chi connectivity index (χ3v) is 5.49. The number of rotatable bonds is 9. The van der Waals surface area contributed by atoms with Gasteiger partial charge in [-0.05, 0) is 48.2 Å². The van der Waals surface area contributed by atoms with Gasteiger partial charge in [-0.15, -0.1) is 0 Å². The van der Waals surface area contributed by atoms with E-state index in [2.05, 4.69) is 15.6 Å². The minimum Gasteiger partial charge on any atom is -0.496 e. The van der Waals surface area contributed by atoms with Crippen molar-refractivity contribution in [1.82, 2.24) is 15.6 Å². The van der Waals surface area contributed by atoms with Crippen LogP contribution in [0, 0.1) is 11.6 Å². The van der Waals surface area contributed by atoms with Gasteiger partial charge < -0.3 is 10.1 Å². The van der Waals surface area contributed by atoms with E-state index >= 15 is 0 Å². The number of carbonyl (C=O) groups is 1. The zero-order valence-electron chi connectivity index (χ0n) is 19.0. The maximum absolute atomic E-state index is 13.8. The first-order valence-electron chi connectivity index (χ1n) is 10.7. The number of ether oxygens (including phenoxy) is 1. The van der Waals surface area contributed by atoms with Gasteiger partial charge in [-0.25, -0.2) is 8.78 Å². The third kappa shape index (κ3) is 6.75. The minimum atomic E-state index is -4.54. The van der Waals surface area contributed by atoms with Crippen molar-refractivity contribution >= 4 is 5.91 Å². The van der Waals surface area contributed by atoms with E-state index in [1.54, 1.807) is 0 Å². The average Bonchev–Trinajstić information content (AvgIpc) is 2.84. The highest BCUT2D eigenvalue weighted by Gasteiger charge is 2.32. The molecule has 3 rings (SSSR count). The van der Waals surface area contributed by atoms with Crippen LogP contribution in [0.2, 0.25) is 0 Å². The molecule has 1 amide bonds. The number of benzene rings is 2. The normalized spacial score (nSPS) is 13.2. The van der Waals surface area contributed by atoms with Crippen LogP contribution in [0.3, 0.4) is 0 Å². The summed E-state index contributed by atoms with van der Waals surface area (Å²) in [6, 6.07) is 10.1. The fourth-order valence-corrected chi connectivity index (χ4v) is 3.68. The topological polar surface area (TPSA) is 63.2 Å². The molecule has 1 heterocycles. The Morgan fingerprint density at radius 2 is 1.71 bits per heavy atom. The number of likely N-dealkylation sites (N-methyl/N-ethyl adjacent to an activating group) is 1. The Kier molecular flexibility index (Phi) is 8.39. The number of alkyl halides is 3. The summed E-state index contributed by atoms with van der Waals surface area (Å²) in [6.45, 7) is 0. The molecule has 1 aromatic heterocycles. The Morgan fingerprint density at radius 3 is 2.29 bits per heavy atom. The molecule has 3 aromatic rings. The molecule has 35 heavy (non-hydrogen) atoms. The van der Waals surface area contributed by atoms with Crippen LogP contribution in [0.4, 0.5) is 22.0 Å². The molecule has 2 N–H and O–H groups in total. The molecule has 0 saturated heterocycles. The first-order chi connectivity index (χ1) is 16.6. The molecule has 0 aliphatic heterocycles. The minimum absolute atomic E-state index is 0.239. The molecule has 0 aliphatic carbocycles. The molecule has 1 unspecified atom stereocenters. The summed E-state index contributed by atoms with van der Waals surface area (Å²) in [5, 5.41) is 5.78. The van der Waals surface area contributed by atoms with Crippen LogP contribution in [-0.4, -0.2) is 25.0 Å². The van der Waals surface area contributed by atoms with Gasteiger partial charge in [-0.1, -0.05) is 24.3 Å². The number of hydrogen-bond donors (Lipinski definition) is 2. The summed E-state index contributed by atoms with van der Waals surface area (Å²) in [6.07, 6.45) is -2.78. The van der Waals surface area contributed by atoms with Crippen LogP contribution >= 0.6 is 0 Å². The van der Waals surface area contributed by atoms with E-state index in [-0.39, 0.29) is 11.7 Å². The highest BCUT2D eigenvalue weighted by molar-refractivity contribution is 5.83. The van der Waals surface area contributed by atoms with E-state index in [9.17, 15) is 26.7 Å². The molecule has 2 atom stereocenters. The predicted octanol–water partition coefficient (Wildman–Crippen LogP) is 5.14. The van der Waals surface area contributed by atoms with Crippen molar-refractivity contribution in [3.8, 4) is 5.75 Å². The number of amides is 1. The molecule has 186 valence electrons. The van der Waals surface area contributed by atoms with Gasteiger partial charge in [-0.2, -0.15) is 13.2 Å². The summed E-state index contributed by atoms with van der Waals surface area (Å²) in [5.74, 6) is -1.13. The number of pyridine rings is 1. The van der Waals surface area contributed by atoms with Gasteiger partial charge in [0.1, 0.15) is 29.1 Å². The summed E-state index contributed by atoms with van der Waals surface area (Å²) >= 11 is 0. The number of aryl methyl sites for hydroxylation is 1. The molecular formula is C25H24F5N3O2. The summed E-state index contributed by atoms with van der Waals surface area (Å²) in [4.78, 5) is 16.2. The van der Waals surface area contributed by atoms with Crippen molar-refractivity contribution in [2.75, 3.05) is 14.2 Å². The summed E-state index contributed by atoms with van der Waals surface area (Å²) < 4.78 is 71.1. The van der Waals surface area contributed by atoms with Crippen molar-refractivity contribution in [2.24, 2.45) is 0 Å². The molecule has 0 saturated carbocycles. The molecule has 0 spiro atoms. The van der Waals surface area contributed by atoms with Gasteiger partial charge in [-0.3, -0.25) is 15.1 Å². The van der Waals surface area contributed by atoms with E-state index in [1.807, 2.05) is 0 Å². The number of hydrogen-bond acceptors (Lipinski definition) is 4. The number of nitrogens with one attached hydrogen (secondary N) is 2. The van der Waals surface area contributed by atoms with Gasteiger partial charge in [0.2, 0.25) is 5.91 Å². The van der Waals surface area contributed by atoms with Crippen LogP contribution in [0.15, 0.2) is 60.8 Å². The Morgan fingerprint density at radius 1 is 1.03 bits per heavy atom. The van der Waals surface area contributed by atoms with E-state index in [0.717, 1.165) is 12.3 Å². The largest absolute Gasteiger partial charge is 0.496 e. The Hall–Kier alpha value is -3.53. The van der Waals surface area contributed by atoms with Crippen molar-refractivity contribution in [2.45, 2.75) is 31.1 Å². The molecule has 0 bridgehead atoms. The summed E-state index contributed by atoms with van der Waals surface area (Å²) in [7, 11) is 2.84. The SMILES string of the molecule is CNC(=O)C(N[C@H](CCc1ccc(C(F)(F)F)nc1)c1ccc(F)cc1OC)c1ccc(F)cc1. The van der Waals surface area contributed by atoms with Crippen LogP contribution in [0.1, 0.15) is 40.9 Å². The number of nitrogens with zero attached hydrogens (tertiary/aromatic N) is 1.